The van der Waals surface area contributed by atoms with E-state index in [9.17, 15) is 4.79 Å². The molecule has 1 aliphatic rings. The van der Waals surface area contributed by atoms with E-state index in [2.05, 4.69) is 11.8 Å². The van der Waals surface area contributed by atoms with Crippen LogP contribution in [0.4, 0.5) is 0 Å². The Labute approximate surface area is 113 Å². The summed E-state index contributed by atoms with van der Waals surface area (Å²) in [6.45, 7) is 12.8. The number of piperidine rings is 1. The molecule has 0 radical (unpaired) electrons. The van der Waals surface area contributed by atoms with Gasteiger partial charge in [0.05, 0.1) is 0 Å². The predicted octanol–water partition coefficient (Wildman–Crippen LogP) is 2.61. The van der Waals surface area contributed by atoms with Gasteiger partial charge in [0.2, 0.25) is 5.91 Å². The second-order valence-corrected chi connectivity index (χ2v) is 6.64. The van der Waals surface area contributed by atoms with Gasteiger partial charge in [0, 0.05) is 19.0 Å². The van der Waals surface area contributed by atoms with Gasteiger partial charge in [0.25, 0.3) is 0 Å². The van der Waals surface area contributed by atoms with Crippen molar-refractivity contribution in [3.05, 3.63) is 0 Å². The fourth-order valence-electron chi connectivity index (χ4n) is 2.64. The zero-order valence-electron chi connectivity index (χ0n) is 12.8. The van der Waals surface area contributed by atoms with Crippen LogP contribution in [0.5, 0.6) is 0 Å². The molecule has 106 valence electrons. The molecule has 1 saturated heterocycles. The highest BCUT2D eigenvalue weighted by Gasteiger charge is 2.25. The molecular formula is C15H30N2O. The number of nitrogens with zero attached hydrogens (tertiary/aromatic N) is 2. The number of likely N-dealkylation sites (tertiary alicyclic amines) is 1. The third-order valence-electron chi connectivity index (χ3n) is 4.02. The Hall–Kier alpha value is -0.570. The molecule has 1 heterocycles. The van der Waals surface area contributed by atoms with Crippen LogP contribution < -0.4 is 0 Å². The fourth-order valence-corrected chi connectivity index (χ4v) is 2.64. The maximum absolute atomic E-state index is 12.1. The molecule has 0 spiro atoms. The van der Waals surface area contributed by atoms with Crippen LogP contribution in [0.1, 0.15) is 47.0 Å². The van der Waals surface area contributed by atoms with E-state index in [0.29, 0.717) is 0 Å². The largest absolute Gasteiger partial charge is 0.345 e. The SMILES string of the molecule is CCN1CCC(CCN(C)C(=O)C(C)(C)C)CC1. The summed E-state index contributed by atoms with van der Waals surface area (Å²) in [4.78, 5) is 16.5. The molecule has 1 fully saturated rings. The standard InChI is InChI=1S/C15H30N2O/c1-6-17-11-8-13(9-12-17)7-10-16(5)14(18)15(2,3)4/h13H,6-12H2,1-5H3. The Balaban J connectivity index is 2.27. The van der Waals surface area contributed by atoms with Gasteiger partial charge >= 0.3 is 0 Å². The van der Waals surface area contributed by atoms with E-state index >= 15 is 0 Å². The number of carbonyl (C=O) groups excluding carboxylic acids is 1. The third-order valence-corrected chi connectivity index (χ3v) is 4.02. The summed E-state index contributed by atoms with van der Waals surface area (Å²) in [6, 6.07) is 0. The summed E-state index contributed by atoms with van der Waals surface area (Å²) in [5.41, 5.74) is -0.250. The average Bonchev–Trinajstić information content (AvgIpc) is 2.34. The van der Waals surface area contributed by atoms with Crippen LogP contribution in [0.25, 0.3) is 0 Å². The van der Waals surface area contributed by atoms with Crippen molar-refractivity contribution >= 4 is 5.91 Å². The first-order valence-corrected chi connectivity index (χ1v) is 7.32. The van der Waals surface area contributed by atoms with E-state index in [1.54, 1.807) is 0 Å². The van der Waals surface area contributed by atoms with Gasteiger partial charge in [-0.05, 0) is 44.8 Å². The molecule has 3 heteroatoms. The van der Waals surface area contributed by atoms with Crippen LogP contribution in [-0.4, -0.2) is 48.9 Å². The molecular weight excluding hydrogens is 224 g/mol. The van der Waals surface area contributed by atoms with Crippen molar-refractivity contribution in [2.24, 2.45) is 11.3 Å². The highest BCUT2D eigenvalue weighted by molar-refractivity contribution is 5.81. The molecule has 0 aromatic carbocycles. The number of amides is 1. The lowest BCUT2D eigenvalue weighted by molar-refractivity contribution is -0.138. The Morgan fingerprint density at radius 1 is 1.28 bits per heavy atom. The second-order valence-electron chi connectivity index (χ2n) is 6.64. The highest BCUT2D eigenvalue weighted by Crippen LogP contribution is 2.22. The fraction of sp³-hybridized carbons (Fsp3) is 0.933. The topological polar surface area (TPSA) is 23.6 Å². The van der Waals surface area contributed by atoms with Crippen molar-refractivity contribution in [2.75, 3.05) is 33.2 Å². The quantitative estimate of drug-likeness (QED) is 0.770. The lowest BCUT2D eigenvalue weighted by atomic mass is 9.92. The summed E-state index contributed by atoms with van der Waals surface area (Å²) >= 11 is 0. The van der Waals surface area contributed by atoms with Crippen molar-refractivity contribution in [3.8, 4) is 0 Å². The first-order chi connectivity index (χ1) is 8.34. The van der Waals surface area contributed by atoms with Crippen LogP contribution in [-0.2, 0) is 4.79 Å². The molecule has 1 aliphatic heterocycles. The van der Waals surface area contributed by atoms with Crippen LogP contribution in [0.2, 0.25) is 0 Å². The van der Waals surface area contributed by atoms with Crippen LogP contribution in [0.15, 0.2) is 0 Å². The minimum absolute atomic E-state index is 0.250. The Kier molecular flexibility index (Phi) is 5.64. The maximum Gasteiger partial charge on any atom is 0.227 e. The number of carbonyl (C=O) groups is 1. The number of rotatable bonds is 4. The third kappa shape index (κ3) is 4.60. The molecule has 1 rings (SSSR count). The zero-order valence-corrected chi connectivity index (χ0v) is 12.8. The minimum Gasteiger partial charge on any atom is -0.345 e. The summed E-state index contributed by atoms with van der Waals surface area (Å²) in [7, 11) is 1.94. The average molecular weight is 254 g/mol. The monoisotopic (exact) mass is 254 g/mol. The molecule has 18 heavy (non-hydrogen) atoms. The van der Waals surface area contributed by atoms with Crippen molar-refractivity contribution in [1.82, 2.24) is 9.80 Å². The number of hydrogen-bond acceptors (Lipinski definition) is 2. The van der Waals surface area contributed by atoms with E-state index in [0.717, 1.165) is 18.9 Å². The van der Waals surface area contributed by atoms with E-state index in [4.69, 9.17) is 0 Å². The first-order valence-electron chi connectivity index (χ1n) is 7.32. The molecule has 0 unspecified atom stereocenters. The van der Waals surface area contributed by atoms with Gasteiger partial charge in [0.1, 0.15) is 0 Å². The molecule has 0 aromatic rings. The zero-order chi connectivity index (χ0) is 13.8. The maximum atomic E-state index is 12.1. The van der Waals surface area contributed by atoms with Gasteiger partial charge in [-0.3, -0.25) is 4.79 Å². The van der Waals surface area contributed by atoms with Crippen LogP contribution in [0.3, 0.4) is 0 Å². The van der Waals surface area contributed by atoms with E-state index < -0.39 is 0 Å². The van der Waals surface area contributed by atoms with E-state index in [1.165, 1.54) is 32.5 Å². The summed E-state index contributed by atoms with van der Waals surface area (Å²) < 4.78 is 0. The highest BCUT2D eigenvalue weighted by atomic mass is 16.2. The summed E-state index contributed by atoms with van der Waals surface area (Å²) in [5, 5.41) is 0. The molecule has 0 saturated carbocycles. The Morgan fingerprint density at radius 2 is 1.83 bits per heavy atom. The molecule has 0 N–H and O–H groups in total. The first kappa shape index (κ1) is 15.5. The van der Waals surface area contributed by atoms with Crippen molar-refractivity contribution in [1.29, 1.82) is 0 Å². The molecule has 0 bridgehead atoms. The van der Waals surface area contributed by atoms with Gasteiger partial charge in [0.15, 0.2) is 0 Å². The van der Waals surface area contributed by atoms with E-state index in [-0.39, 0.29) is 11.3 Å². The van der Waals surface area contributed by atoms with Crippen molar-refractivity contribution in [3.63, 3.8) is 0 Å². The van der Waals surface area contributed by atoms with Crippen molar-refractivity contribution < 1.29 is 4.79 Å². The number of hydrogen-bond donors (Lipinski definition) is 0. The molecule has 0 atom stereocenters. The lowest BCUT2D eigenvalue weighted by Gasteiger charge is -2.32. The van der Waals surface area contributed by atoms with Gasteiger partial charge in [-0.1, -0.05) is 27.7 Å². The molecule has 1 amide bonds. The van der Waals surface area contributed by atoms with Crippen molar-refractivity contribution in [2.45, 2.75) is 47.0 Å². The molecule has 0 aliphatic carbocycles. The van der Waals surface area contributed by atoms with Gasteiger partial charge in [-0.15, -0.1) is 0 Å². The van der Waals surface area contributed by atoms with Crippen LogP contribution in [0, 0.1) is 11.3 Å². The normalized spacial score (nSPS) is 18.9. The van der Waals surface area contributed by atoms with E-state index in [1.807, 2.05) is 32.7 Å². The van der Waals surface area contributed by atoms with Crippen LogP contribution >= 0.6 is 0 Å². The summed E-state index contributed by atoms with van der Waals surface area (Å²) in [5.74, 6) is 1.07. The Morgan fingerprint density at radius 3 is 2.28 bits per heavy atom. The predicted molar refractivity (Wildman–Crippen MR) is 76.5 cm³/mol. The Bertz CT molecular complexity index is 262. The lowest BCUT2D eigenvalue weighted by Crippen LogP contribution is -2.39. The second kappa shape index (κ2) is 6.55. The molecule has 3 nitrogen and oxygen atoms in total. The van der Waals surface area contributed by atoms with Gasteiger partial charge in [-0.2, -0.15) is 0 Å². The summed E-state index contributed by atoms with van der Waals surface area (Å²) in [6.07, 6.45) is 3.76. The van der Waals surface area contributed by atoms with Gasteiger partial charge in [-0.25, -0.2) is 0 Å². The minimum atomic E-state index is -0.250. The van der Waals surface area contributed by atoms with Gasteiger partial charge < -0.3 is 9.80 Å². The molecule has 0 aromatic heterocycles. The smallest absolute Gasteiger partial charge is 0.227 e.